The Bertz CT molecular complexity index is 715. The van der Waals surface area contributed by atoms with Gasteiger partial charge in [0.25, 0.3) is 5.91 Å². The van der Waals surface area contributed by atoms with E-state index in [0.29, 0.717) is 17.7 Å². The van der Waals surface area contributed by atoms with E-state index in [1.54, 1.807) is 32.0 Å². The van der Waals surface area contributed by atoms with Crippen molar-refractivity contribution in [1.82, 2.24) is 5.32 Å². The van der Waals surface area contributed by atoms with E-state index in [4.69, 9.17) is 9.47 Å². The molecule has 1 heterocycles. The van der Waals surface area contributed by atoms with E-state index in [1.165, 1.54) is 6.07 Å². The number of hydrogen-bond donors (Lipinski definition) is 1. The lowest BCUT2D eigenvalue weighted by molar-refractivity contribution is -0.127. The summed E-state index contributed by atoms with van der Waals surface area (Å²) in [7, 11) is -3.05. The average Bonchev–Trinajstić information content (AvgIpc) is 2.86. The normalized spacial score (nSPS) is 20.2. The van der Waals surface area contributed by atoms with Crippen LogP contribution in [0, 0.1) is 0 Å². The van der Waals surface area contributed by atoms with Crippen molar-refractivity contribution in [1.29, 1.82) is 0 Å². The predicted octanol–water partition coefficient (Wildman–Crippen LogP) is 0.934. The summed E-state index contributed by atoms with van der Waals surface area (Å²) in [5.74, 6) is -0.435. The molecule has 0 saturated carbocycles. The highest BCUT2D eigenvalue weighted by Gasteiger charge is 2.30. The van der Waals surface area contributed by atoms with E-state index in [1.807, 2.05) is 0 Å². The van der Waals surface area contributed by atoms with Gasteiger partial charge in [0.2, 0.25) is 0 Å². The zero-order chi connectivity index (χ0) is 17.7. The Morgan fingerprint density at radius 3 is 2.75 bits per heavy atom. The Hall–Kier alpha value is -2.09. The maximum Gasteiger partial charge on any atom is 0.338 e. The van der Waals surface area contributed by atoms with Crippen LogP contribution in [0.1, 0.15) is 30.6 Å². The molecule has 1 amide bonds. The second kappa shape index (κ2) is 7.65. The van der Waals surface area contributed by atoms with Crippen LogP contribution in [0.15, 0.2) is 24.3 Å². The summed E-state index contributed by atoms with van der Waals surface area (Å²) in [6, 6.07) is 5.99. The first kappa shape index (κ1) is 18.3. The lowest BCUT2D eigenvalue weighted by Gasteiger charge is -2.17. The van der Waals surface area contributed by atoms with Gasteiger partial charge in [-0.1, -0.05) is 6.07 Å². The molecular formula is C16H21NO6S. The second-order valence-electron chi connectivity index (χ2n) is 5.62. The standard InChI is InChI=1S/C16H21NO6S/c1-3-22-16(19)12-5-4-6-14(9-12)23-11(2)15(18)17-13-7-8-24(20,21)10-13/h4-6,9,11,13H,3,7-8,10H2,1-2H3,(H,17,18)/t11-,13-/m0/s1. The van der Waals surface area contributed by atoms with Gasteiger partial charge in [0.1, 0.15) is 5.75 Å². The Morgan fingerprint density at radius 1 is 1.38 bits per heavy atom. The van der Waals surface area contributed by atoms with E-state index in [9.17, 15) is 18.0 Å². The molecule has 8 heteroatoms. The summed E-state index contributed by atoms with van der Waals surface area (Å²) in [5, 5.41) is 2.68. The first-order chi connectivity index (χ1) is 11.3. The Morgan fingerprint density at radius 2 is 2.12 bits per heavy atom. The summed E-state index contributed by atoms with van der Waals surface area (Å²) >= 11 is 0. The van der Waals surface area contributed by atoms with Crippen LogP contribution in [0.3, 0.4) is 0 Å². The van der Waals surface area contributed by atoms with Crippen molar-refractivity contribution in [2.24, 2.45) is 0 Å². The van der Waals surface area contributed by atoms with Gasteiger partial charge in [-0.25, -0.2) is 13.2 Å². The van der Waals surface area contributed by atoms with Crippen molar-refractivity contribution in [2.75, 3.05) is 18.1 Å². The van der Waals surface area contributed by atoms with Gasteiger partial charge in [0.15, 0.2) is 15.9 Å². The van der Waals surface area contributed by atoms with Crippen molar-refractivity contribution >= 4 is 21.7 Å². The SMILES string of the molecule is CCOC(=O)c1cccc(O[C@@H](C)C(=O)N[C@H]2CCS(=O)(=O)C2)c1. The molecule has 1 aromatic rings. The smallest absolute Gasteiger partial charge is 0.338 e. The van der Waals surface area contributed by atoms with Crippen LogP contribution in [0.25, 0.3) is 0 Å². The van der Waals surface area contributed by atoms with E-state index in [2.05, 4.69) is 5.32 Å². The number of carbonyl (C=O) groups is 2. The predicted molar refractivity (Wildman–Crippen MR) is 87.7 cm³/mol. The molecule has 7 nitrogen and oxygen atoms in total. The van der Waals surface area contributed by atoms with Gasteiger partial charge >= 0.3 is 5.97 Å². The molecule has 1 fully saturated rings. The van der Waals surface area contributed by atoms with Crippen LogP contribution in [0.4, 0.5) is 0 Å². The quantitative estimate of drug-likeness (QED) is 0.763. The molecule has 0 aromatic heterocycles. The van der Waals surface area contributed by atoms with Crippen molar-refractivity contribution in [2.45, 2.75) is 32.4 Å². The minimum Gasteiger partial charge on any atom is -0.481 e. The molecule has 0 radical (unpaired) electrons. The number of benzene rings is 1. The third-order valence-corrected chi connectivity index (χ3v) is 5.37. The molecule has 0 unspecified atom stereocenters. The van der Waals surface area contributed by atoms with Crippen molar-refractivity contribution < 1.29 is 27.5 Å². The molecule has 24 heavy (non-hydrogen) atoms. The third-order valence-electron chi connectivity index (χ3n) is 3.61. The lowest BCUT2D eigenvalue weighted by atomic mass is 10.2. The number of hydrogen-bond acceptors (Lipinski definition) is 6. The van der Waals surface area contributed by atoms with Gasteiger partial charge in [-0.05, 0) is 38.5 Å². The molecule has 132 valence electrons. The first-order valence-corrected chi connectivity index (χ1v) is 9.57. The maximum atomic E-state index is 12.1. The van der Waals surface area contributed by atoms with E-state index < -0.39 is 27.8 Å². The number of amides is 1. The van der Waals surface area contributed by atoms with Crippen LogP contribution in [0.5, 0.6) is 5.75 Å². The molecule has 1 aliphatic heterocycles. The summed E-state index contributed by atoms with van der Waals surface area (Å²) in [5.41, 5.74) is 0.337. The van der Waals surface area contributed by atoms with Crippen molar-refractivity contribution in [3.8, 4) is 5.75 Å². The molecule has 0 spiro atoms. The van der Waals surface area contributed by atoms with E-state index >= 15 is 0 Å². The van der Waals surface area contributed by atoms with Crippen molar-refractivity contribution in [3.63, 3.8) is 0 Å². The maximum absolute atomic E-state index is 12.1. The molecular weight excluding hydrogens is 334 g/mol. The molecule has 2 atom stereocenters. The molecule has 1 N–H and O–H groups in total. The minimum atomic E-state index is -3.05. The zero-order valence-electron chi connectivity index (χ0n) is 13.7. The fraction of sp³-hybridized carbons (Fsp3) is 0.500. The highest BCUT2D eigenvalue weighted by atomic mass is 32.2. The van der Waals surface area contributed by atoms with Gasteiger partial charge in [-0.2, -0.15) is 0 Å². The summed E-state index contributed by atoms with van der Waals surface area (Å²) in [6.07, 6.45) is -0.398. The molecule has 1 saturated heterocycles. The van der Waals surface area contributed by atoms with Gasteiger partial charge in [-0.15, -0.1) is 0 Å². The van der Waals surface area contributed by atoms with Gasteiger partial charge < -0.3 is 14.8 Å². The third kappa shape index (κ3) is 4.95. The Balaban J connectivity index is 1.94. The fourth-order valence-electron chi connectivity index (χ4n) is 2.40. The van der Waals surface area contributed by atoms with Gasteiger partial charge in [0, 0.05) is 6.04 Å². The molecule has 1 aliphatic rings. The zero-order valence-corrected chi connectivity index (χ0v) is 14.5. The fourth-order valence-corrected chi connectivity index (χ4v) is 4.07. The van der Waals surface area contributed by atoms with E-state index in [0.717, 1.165) is 0 Å². The molecule has 0 bridgehead atoms. The van der Waals surface area contributed by atoms with Crippen molar-refractivity contribution in [3.05, 3.63) is 29.8 Å². The number of esters is 1. The summed E-state index contributed by atoms with van der Waals surface area (Å²) < 4.78 is 33.3. The monoisotopic (exact) mass is 355 g/mol. The van der Waals surface area contributed by atoms with Gasteiger partial charge in [0.05, 0.1) is 23.7 Å². The number of carbonyl (C=O) groups excluding carboxylic acids is 2. The average molecular weight is 355 g/mol. The molecule has 0 aliphatic carbocycles. The van der Waals surface area contributed by atoms with Crippen LogP contribution in [0.2, 0.25) is 0 Å². The lowest BCUT2D eigenvalue weighted by Crippen LogP contribution is -2.43. The second-order valence-corrected chi connectivity index (χ2v) is 7.85. The van der Waals surface area contributed by atoms with Gasteiger partial charge in [-0.3, -0.25) is 4.79 Å². The Kier molecular flexibility index (Phi) is 5.82. The number of nitrogens with one attached hydrogen (secondary N) is 1. The van der Waals surface area contributed by atoms with Crippen LogP contribution in [-0.4, -0.2) is 50.6 Å². The molecule has 2 rings (SSSR count). The van der Waals surface area contributed by atoms with Crippen LogP contribution < -0.4 is 10.1 Å². The highest BCUT2D eigenvalue weighted by Crippen LogP contribution is 2.17. The number of ether oxygens (including phenoxy) is 2. The summed E-state index contributed by atoms with van der Waals surface area (Å²) in [6.45, 7) is 3.55. The largest absolute Gasteiger partial charge is 0.481 e. The topological polar surface area (TPSA) is 98.8 Å². The first-order valence-electron chi connectivity index (χ1n) is 7.75. The summed E-state index contributed by atoms with van der Waals surface area (Å²) in [4.78, 5) is 23.8. The highest BCUT2D eigenvalue weighted by molar-refractivity contribution is 7.91. The Labute approximate surface area is 141 Å². The van der Waals surface area contributed by atoms with E-state index in [-0.39, 0.29) is 24.2 Å². The minimum absolute atomic E-state index is 0.0379. The van der Waals surface area contributed by atoms with Crippen LogP contribution in [-0.2, 0) is 19.4 Å². The van der Waals surface area contributed by atoms with Crippen LogP contribution >= 0.6 is 0 Å². The number of rotatable bonds is 6. The number of sulfone groups is 1. The molecule has 1 aromatic carbocycles.